The Kier molecular flexibility index (Phi) is 9.10. The van der Waals surface area contributed by atoms with Crippen LogP contribution in [0, 0.1) is 6.92 Å². The van der Waals surface area contributed by atoms with E-state index in [1.165, 1.54) is 0 Å². The Labute approximate surface area is 200 Å². The van der Waals surface area contributed by atoms with Gasteiger partial charge in [0.05, 0.1) is 20.3 Å². The summed E-state index contributed by atoms with van der Waals surface area (Å²) in [6.45, 7) is 4.40. The number of aromatic nitrogens is 3. The van der Waals surface area contributed by atoms with E-state index in [1.807, 2.05) is 54.9 Å². The Morgan fingerprint density at radius 3 is 2.39 bits per heavy atom. The predicted octanol–water partition coefficient (Wildman–Crippen LogP) is 4.08. The molecular formula is C22H29IN6O2. The Bertz CT molecular complexity index is 1010. The maximum Gasteiger partial charge on any atom is 0.196 e. The highest BCUT2D eigenvalue weighted by Gasteiger charge is 2.11. The summed E-state index contributed by atoms with van der Waals surface area (Å²) < 4.78 is 12.7. The molecule has 1 unspecified atom stereocenters. The monoisotopic (exact) mass is 536 g/mol. The summed E-state index contributed by atoms with van der Waals surface area (Å²) in [6, 6.07) is 15.9. The molecule has 2 N–H and O–H groups in total. The number of hydrogen-bond acceptors (Lipinski definition) is 5. The first-order valence-corrected chi connectivity index (χ1v) is 9.71. The van der Waals surface area contributed by atoms with Crippen molar-refractivity contribution in [3.63, 3.8) is 0 Å². The van der Waals surface area contributed by atoms with Gasteiger partial charge in [0.1, 0.15) is 12.4 Å². The fourth-order valence-electron chi connectivity index (χ4n) is 2.94. The molecule has 0 aliphatic rings. The first kappa shape index (κ1) is 24.4. The molecule has 0 saturated carbocycles. The molecule has 9 heteroatoms. The van der Waals surface area contributed by atoms with Crippen LogP contribution in [0.1, 0.15) is 30.2 Å². The summed E-state index contributed by atoms with van der Waals surface area (Å²) in [5.41, 5.74) is 1.99. The standard InChI is InChI=1S/C22H28N6O2.HI/c1-15(17-9-7-6-8-10-17)24-22(23-14-21-27-26-16(2)28(21)3)25-18-11-12-19(29-4)20(13-18)30-5;/h6-13,15H,14H2,1-5H3,(H2,23,24,25);1H. The molecule has 0 fully saturated rings. The SMILES string of the molecule is COc1ccc(NC(=NCc2nnc(C)n2C)NC(C)c2ccccc2)cc1OC.I. The molecule has 0 aliphatic carbocycles. The molecule has 1 aromatic heterocycles. The molecule has 166 valence electrons. The van der Waals surface area contributed by atoms with Gasteiger partial charge in [0.2, 0.25) is 0 Å². The Balaban J connectivity index is 0.00000341. The average Bonchev–Trinajstić information content (AvgIpc) is 3.10. The van der Waals surface area contributed by atoms with Crippen LogP contribution in [0.2, 0.25) is 0 Å². The summed E-state index contributed by atoms with van der Waals surface area (Å²) >= 11 is 0. The van der Waals surface area contributed by atoms with Crippen LogP contribution in [-0.2, 0) is 13.6 Å². The molecule has 2 aromatic carbocycles. The molecule has 0 radical (unpaired) electrons. The zero-order chi connectivity index (χ0) is 21.5. The second-order valence-corrected chi connectivity index (χ2v) is 6.86. The Morgan fingerprint density at radius 2 is 1.77 bits per heavy atom. The van der Waals surface area contributed by atoms with E-state index >= 15 is 0 Å². The van der Waals surface area contributed by atoms with E-state index in [0.29, 0.717) is 24.0 Å². The van der Waals surface area contributed by atoms with Gasteiger partial charge < -0.3 is 24.7 Å². The molecule has 0 aliphatic heterocycles. The van der Waals surface area contributed by atoms with Gasteiger partial charge in [-0.3, -0.25) is 0 Å². The van der Waals surface area contributed by atoms with Gasteiger partial charge in [-0.2, -0.15) is 0 Å². The predicted molar refractivity (Wildman–Crippen MR) is 133 cm³/mol. The van der Waals surface area contributed by atoms with Gasteiger partial charge in [0, 0.05) is 18.8 Å². The van der Waals surface area contributed by atoms with Gasteiger partial charge in [0.25, 0.3) is 0 Å². The van der Waals surface area contributed by atoms with E-state index < -0.39 is 0 Å². The fraction of sp³-hybridized carbons (Fsp3) is 0.318. The van der Waals surface area contributed by atoms with Gasteiger partial charge >= 0.3 is 0 Å². The number of hydrogen-bond donors (Lipinski definition) is 2. The first-order chi connectivity index (χ1) is 14.5. The number of halogens is 1. The number of ether oxygens (including phenoxy) is 2. The molecular weight excluding hydrogens is 507 g/mol. The average molecular weight is 536 g/mol. The minimum absolute atomic E-state index is 0. The maximum atomic E-state index is 5.41. The lowest BCUT2D eigenvalue weighted by Gasteiger charge is -2.19. The smallest absolute Gasteiger partial charge is 0.196 e. The van der Waals surface area contributed by atoms with Gasteiger partial charge in [-0.25, -0.2) is 4.99 Å². The van der Waals surface area contributed by atoms with Crippen LogP contribution in [0.25, 0.3) is 0 Å². The molecule has 0 bridgehead atoms. The minimum Gasteiger partial charge on any atom is -0.493 e. The van der Waals surface area contributed by atoms with Crippen LogP contribution < -0.4 is 20.1 Å². The third-order valence-corrected chi connectivity index (χ3v) is 4.86. The van der Waals surface area contributed by atoms with Crippen molar-refractivity contribution < 1.29 is 9.47 Å². The molecule has 31 heavy (non-hydrogen) atoms. The molecule has 1 heterocycles. The van der Waals surface area contributed by atoms with Crippen LogP contribution in [0.5, 0.6) is 11.5 Å². The Morgan fingerprint density at radius 1 is 1.06 bits per heavy atom. The van der Waals surface area contributed by atoms with Crippen molar-refractivity contribution in [2.75, 3.05) is 19.5 Å². The Hall–Kier alpha value is -2.82. The second kappa shape index (κ2) is 11.5. The normalized spacial score (nSPS) is 12.0. The number of guanidine groups is 1. The number of aliphatic imine (C=N–C) groups is 1. The molecule has 0 saturated heterocycles. The summed E-state index contributed by atoms with van der Waals surface area (Å²) in [5, 5.41) is 15.1. The van der Waals surface area contributed by atoms with E-state index in [1.54, 1.807) is 14.2 Å². The topological polar surface area (TPSA) is 85.6 Å². The number of anilines is 1. The lowest BCUT2D eigenvalue weighted by molar-refractivity contribution is 0.355. The fourth-order valence-corrected chi connectivity index (χ4v) is 2.94. The van der Waals surface area contributed by atoms with Crippen molar-refractivity contribution in [1.82, 2.24) is 20.1 Å². The summed E-state index contributed by atoms with van der Waals surface area (Å²) in [5.74, 6) is 3.57. The highest BCUT2D eigenvalue weighted by Crippen LogP contribution is 2.29. The molecule has 1 atom stereocenters. The van der Waals surface area contributed by atoms with Gasteiger partial charge in [0.15, 0.2) is 23.3 Å². The van der Waals surface area contributed by atoms with Gasteiger partial charge in [-0.1, -0.05) is 30.3 Å². The van der Waals surface area contributed by atoms with Crippen LogP contribution >= 0.6 is 24.0 Å². The summed E-state index contributed by atoms with van der Waals surface area (Å²) in [7, 11) is 5.16. The van der Waals surface area contributed by atoms with Crippen LogP contribution in [0.4, 0.5) is 5.69 Å². The number of nitrogens with zero attached hydrogens (tertiary/aromatic N) is 4. The highest BCUT2D eigenvalue weighted by atomic mass is 127. The lowest BCUT2D eigenvalue weighted by Crippen LogP contribution is -2.33. The van der Waals surface area contributed by atoms with Crippen molar-refractivity contribution in [3.8, 4) is 11.5 Å². The van der Waals surface area contributed by atoms with Gasteiger partial charge in [-0.05, 0) is 31.5 Å². The van der Waals surface area contributed by atoms with Gasteiger partial charge in [-0.15, -0.1) is 34.2 Å². The number of aryl methyl sites for hydroxylation is 1. The zero-order valence-electron chi connectivity index (χ0n) is 18.4. The molecule has 0 spiro atoms. The molecule has 8 nitrogen and oxygen atoms in total. The van der Waals surface area contributed by atoms with E-state index in [-0.39, 0.29) is 30.0 Å². The largest absolute Gasteiger partial charge is 0.493 e. The highest BCUT2D eigenvalue weighted by molar-refractivity contribution is 14.0. The lowest BCUT2D eigenvalue weighted by atomic mass is 10.1. The maximum absolute atomic E-state index is 5.41. The van der Waals surface area contributed by atoms with E-state index in [2.05, 4.69) is 39.9 Å². The van der Waals surface area contributed by atoms with Crippen LogP contribution in [-0.4, -0.2) is 34.9 Å². The van der Waals surface area contributed by atoms with Crippen LogP contribution in [0.3, 0.4) is 0 Å². The molecule has 3 aromatic rings. The van der Waals surface area contributed by atoms with Crippen molar-refractivity contribution >= 4 is 35.6 Å². The summed E-state index contributed by atoms with van der Waals surface area (Å²) in [6.07, 6.45) is 0. The third-order valence-electron chi connectivity index (χ3n) is 4.86. The van der Waals surface area contributed by atoms with E-state index in [4.69, 9.17) is 14.5 Å². The number of rotatable bonds is 7. The second-order valence-electron chi connectivity index (χ2n) is 6.86. The first-order valence-electron chi connectivity index (χ1n) is 9.71. The number of benzene rings is 2. The third kappa shape index (κ3) is 6.33. The van der Waals surface area contributed by atoms with E-state index in [0.717, 1.165) is 22.9 Å². The number of nitrogens with one attached hydrogen (secondary N) is 2. The van der Waals surface area contributed by atoms with E-state index in [9.17, 15) is 0 Å². The summed E-state index contributed by atoms with van der Waals surface area (Å²) in [4.78, 5) is 4.73. The minimum atomic E-state index is 0. The molecule has 0 amide bonds. The van der Waals surface area contributed by atoms with Crippen molar-refractivity contribution in [2.45, 2.75) is 26.4 Å². The van der Waals surface area contributed by atoms with Crippen molar-refractivity contribution in [3.05, 3.63) is 65.7 Å². The van der Waals surface area contributed by atoms with Crippen molar-refractivity contribution in [1.29, 1.82) is 0 Å². The quantitative estimate of drug-likeness (QED) is 0.269. The zero-order valence-corrected chi connectivity index (χ0v) is 20.7. The number of methoxy groups -OCH3 is 2. The van der Waals surface area contributed by atoms with Crippen LogP contribution in [0.15, 0.2) is 53.5 Å². The van der Waals surface area contributed by atoms with Crippen molar-refractivity contribution in [2.24, 2.45) is 12.0 Å². The molecule has 3 rings (SSSR count).